The van der Waals surface area contributed by atoms with E-state index in [9.17, 15) is 18.0 Å². The first-order valence-corrected chi connectivity index (χ1v) is 14.4. The number of hydrogen-bond acceptors (Lipinski definition) is 2. The van der Waals surface area contributed by atoms with Gasteiger partial charge in [-0.2, -0.15) is 13.2 Å². The Morgan fingerprint density at radius 1 is 0.667 bits per heavy atom. The Kier molecular flexibility index (Phi) is 12.1. The number of benzene rings is 3. The number of hydrogen-bond donors (Lipinski definition) is 0. The van der Waals surface area contributed by atoms with Crippen LogP contribution >= 0.6 is 0 Å². The van der Waals surface area contributed by atoms with Crippen LogP contribution in [-0.4, -0.2) is 12.1 Å². The lowest BCUT2D eigenvalue weighted by Gasteiger charge is -2.20. The van der Waals surface area contributed by atoms with E-state index < -0.39 is 18.1 Å². The van der Waals surface area contributed by atoms with Crippen molar-refractivity contribution in [1.29, 1.82) is 0 Å². The molecule has 3 aromatic carbocycles. The van der Waals surface area contributed by atoms with Crippen LogP contribution in [0.3, 0.4) is 0 Å². The molecule has 0 aliphatic rings. The maximum atomic E-state index is 13.3. The van der Waals surface area contributed by atoms with Crippen LogP contribution in [-0.2, 0) is 12.8 Å². The van der Waals surface area contributed by atoms with Crippen LogP contribution in [0.25, 0.3) is 11.1 Å². The molecule has 0 N–H and O–H groups in total. The molecule has 0 saturated heterocycles. The van der Waals surface area contributed by atoms with Crippen molar-refractivity contribution < 1.29 is 22.7 Å². The number of alkyl halides is 3. The zero-order chi connectivity index (χ0) is 28.1. The van der Waals surface area contributed by atoms with E-state index >= 15 is 0 Å². The van der Waals surface area contributed by atoms with E-state index in [2.05, 4.69) is 31.2 Å². The third kappa shape index (κ3) is 10.2. The minimum Gasteiger partial charge on any atom is -0.423 e. The molecule has 3 rings (SSSR count). The largest absolute Gasteiger partial charge is 0.423 e. The number of carbonyl (C=O) groups is 1. The van der Waals surface area contributed by atoms with Gasteiger partial charge in [0.2, 0.25) is 0 Å². The summed E-state index contributed by atoms with van der Waals surface area (Å²) in [5, 5.41) is 0. The SMILES string of the molecule is CCCCCCCc1ccc(-c2ccc(C(=O)Oc3ccc(CCC(CCCC)C(F)(F)F)cc3)cc2)cc1. The molecule has 0 aromatic heterocycles. The second-order valence-electron chi connectivity index (χ2n) is 10.4. The topological polar surface area (TPSA) is 26.3 Å². The second kappa shape index (κ2) is 15.5. The zero-order valence-corrected chi connectivity index (χ0v) is 23.2. The predicted octanol–water partition coefficient (Wildman–Crippen LogP) is 10.4. The van der Waals surface area contributed by atoms with Crippen LogP contribution in [0.4, 0.5) is 13.2 Å². The van der Waals surface area contributed by atoms with Gasteiger partial charge in [0.25, 0.3) is 0 Å². The molecule has 0 radical (unpaired) electrons. The van der Waals surface area contributed by atoms with Gasteiger partial charge in [-0.05, 0) is 78.6 Å². The summed E-state index contributed by atoms with van der Waals surface area (Å²) in [7, 11) is 0. The van der Waals surface area contributed by atoms with E-state index in [1.165, 1.54) is 37.7 Å². The molecule has 0 saturated carbocycles. The lowest BCUT2D eigenvalue weighted by molar-refractivity contribution is -0.178. The molecule has 0 spiro atoms. The molecule has 0 heterocycles. The molecule has 0 aliphatic heterocycles. The van der Waals surface area contributed by atoms with E-state index in [1.54, 1.807) is 36.4 Å². The van der Waals surface area contributed by atoms with E-state index in [4.69, 9.17) is 4.74 Å². The second-order valence-corrected chi connectivity index (χ2v) is 10.4. The molecule has 3 aromatic rings. The van der Waals surface area contributed by atoms with Gasteiger partial charge < -0.3 is 4.74 Å². The highest BCUT2D eigenvalue weighted by Crippen LogP contribution is 2.34. The Hall–Kier alpha value is -3.08. The van der Waals surface area contributed by atoms with E-state index in [0.717, 1.165) is 29.5 Å². The first-order valence-electron chi connectivity index (χ1n) is 14.4. The van der Waals surface area contributed by atoms with Crippen LogP contribution in [0.15, 0.2) is 72.8 Å². The smallest absolute Gasteiger partial charge is 0.391 e. The maximum absolute atomic E-state index is 13.3. The van der Waals surface area contributed by atoms with Gasteiger partial charge in [0.1, 0.15) is 5.75 Å². The molecule has 0 amide bonds. The summed E-state index contributed by atoms with van der Waals surface area (Å²) >= 11 is 0. The molecular formula is C34H41F3O2. The van der Waals surface area contributed by atoms with Gasteiger partial charge in [-0.25, -0.2) is 4.79 Å². The van der Waals surface area contributed by atoms with Crippen LogP contribution < -0.4 is 4.74 Å². The predicted molar refractivity (Wildman–Crippen MR) is 153 cm³/mol. The normalized spacial score (nSPS) is 12.3. The van der Waals surface area contributed by atoms with Crippen molar-refractivity contribution in [2.24, 2.45) is 5.92 Å². The van der Waals surface area contributed by atoms with Gasteiger partial charge >= 0.3 is 12.1 Å². The van der Waals surface area contributed by atoms with Gasteiger partial charge in [-0.1, -0.05) is 101 Å². The highest BCUT2D eigenvalue weighted by Gasteiger charge is 2.38. The third-order valence-corrected chi connectivity index (χ3v) is 7.26. The van der Waals surface area contributed by atoms with Crippen molar-refractivity contribution in [3.8, 4) is 16.9 Å². The van der Waals surface area contributed by atoms with Crippen molar-refractivity contribution in [3.63, 3.8) is 0 Å². The van der Waals surface area contributed by atoms with Crippen molar-refractivity contribution in [2.45, 2.75) is 90.7 Å². The summed E-state index contributed by atoms with van der Waals surface area (Å²) in [6, 6.07) is 22.7. The minimum atomic E-state index is -4.17. The van der Waals surface area contributed by atoms with Crippen molar-refractivity contribution in [2.75, 3.05) is 0 Å². The fourth-order valence-electron chi connectivity index (χ4n) is 4.75. The highest BCUT2D eigenvalue weighted by molar-refractivity contribution is 5.91. The zero-order valence-electron chi connectivity index (χ0n) is 23.2. The summed E-state index contributed by atoms with van der Waals surface area (Å²) < 4.78 is 45.3. The van der Waals surface area contributed by atoms with Crippen molar-refractivity contribution >= 4 is 5.97 Å². The molecule has 2 nitrogen and oxygen atoms in total. The molecule has 210 valence electrons. The highest BCUT2D eigenvalue weighted by atomic mass is 19.4. The van der Waals surface area contributed by atoms with Crippen molar-refractivity contribution in [3.05, 3.63) is 89.5 Å². The van der Waals surface area contributed by atoms with E-state index in [-0.39, 0.29) is 12.8 Å². The molecule has 0 aliphatic carbocycles. The van der Waals surface area contributed by atoms with E-state index in [0.29, 0.717) is 24.2 Å². The average molecular weight is 539 g/mol. The van der Waals surface area contributed by atoms with Gasteiger partial charge in [-0.3, -0.25) is 0 Å². The molecule has 5 heteroatoms. The summed E-state index contributed by atoms with van der Waals surface area (Å²) in [4.78, 5) is 12.6. The first kappa shape index (κ1) is 30.5. The fraction of sp³-hybridized carbons (Fsp3) is 0.441. The molecule has 39 heavy (non-hydrogen) atoms. The first-order chi connectivity index (χ1) is 18.8. The average Bonchev–Trinajstić information content (AvgIpc) is 2.93. The Morgan fingerprint density at radius 3 is 1.79 bits per heavy atom. The summed E-state index contributed by atoms with van der Waals surface area (Å²) in [6.07, 6.45) is 5.19. The number of esters is 1. The number of unbranched alkanes of at least 4 members (excludes halogenated alkanes) is 5. The van der Waals surface area contributed by atoms with Gasteiger partial charge in [0.15, 0.2) is 0 Å². The maximum Gasteiger partial charge on any atom is 0.391 e. The van der Waals surface area contributed by atoms with Crippen LogP contribution in [0.2, 0.25) is 0 Å². The Balaban J connectivity index is 1.50. The van der Waals surface area contributed by atoms with Gasteiger partial charge in [-0.15, -0.1) is 0 Å². The fourth-order valence-corrected chi connectivity index (χ4v) is 4.75. The molecular weight excluding hydrogens is 497 g/mol. The third-order valence-electron chi connectivity index (χ3n) is 7.26. The van der Waals surface area contributed by atoms with Crippen molar-refractivity contribution in [1.82, 2.24) is 0 Å². The van der Waals surface area contributed by atoms with Gasteiger partial charge in [0.05, 0.1) is 11.5 Å². The summed E-state index contributed by atoms with van der Waals surface area (Å²) in [5.41, 5.74) is 4.71. The number of ether oxygens (including phenoxy) is 1. The standard InChI is InChI=1S/C34H41F3O2/c1-3-5-7-8-9-10-26-12-17-28(18-13-26)29-19-21-30(22-20-29)33(38)39-32-24-15-27(16-25-32)14-23-31(11-6-4-2)34(35,36)37/h12-13,15-22,24-25,31H,3-11,14,23H2,1-2H3. The van der Waals surface area contributed by atoms with Gasteiger partial charge in [0, 0.05) is 0 Å². The van der Waals surface area contributed by atoms with Crippen LogP contribution in [0.5, 0.6) is 5.75 Å². The number of aryl methyl sites for hydroxylation is 2. The summed E-state index contributed by atoms with van der Waals surface area (Å²) in [5.74, 6) is -1.38. The van der Waals surface area contributed by atoms with Crippen LogP contribution in [0.1, 0.15) is 93.1 Å². The molecule has 0 bridgehead atoms. The Labute approximate surface area is 231 Å². The summed E-state index contributed by atoms with van der Waals surface area (Å²) in [6.45, 7) is 4.13. The number of rotatable bonds is 15. The monoisotopic (exact) mass is 538 g/mol. The lowest BCUT2D eigenvalue weighted by atomic mass is 9.94. The Bertz CT molecular complexity index is 1120. The minimum absolute atomic E-state index is 0.0662. The Morgan fingerprint density at radius 2 is 1.21 bits per heavy atom. The molecule has 0 fully saturated rings. The number of carbonyl (C=O) groups excluding carboxylic acids is 1. The number of halogens is 3. The van der Waals surface area contributed by atoms with Crippen LogP contribution in [0, 0.1) is 5.92 Å². The quantitative estimate of drug-likeness (QED) is 0.109. The lowest BCUT2D eigenvalue weighted by Crippen LogP contribution is -2.23. The molecule has 1 atom stereocenters. The molecule has 1 unspecified atom stereocenters. The van der Waals surface area contributed by atoms with E-state index in [1.807, 2.05) is 19.1 Å².